The molecule has 0 spiro atoms. The third-order valence-corrected chi connectivity index (χ3v) is 3.16. The number of urea groups is 1. The molecule has 0 aliphatic carbocycles. The number of nitrogens with one attached hydrogen (secondary N) is 1. The third kappa shape index (κ3) is 3.05. The van der Waals surface area contributed by atoms with Gasteiger partial charge in [0.15, 0.2) is 0 Å². The largest absolute Gasteiger partial charge is 0.478 e. The lowest BCUT2D eigenvalue weighted by Gasteiger charge is -2.15. The van der Waals surface area contributed by atoms with Crippen LogP contribution in [0.4, 0.5) is 10.5 Å². The van der Waals surface area contributed by atoms with E-state index in [-0.39, 0.29) is 17.6 Å². The lowest BCUT2D eigenvalue weighted by atomic mass is 10.0. The molecule has 1 saturated heterocycles. The van der Waals surface area contributed by atoms with Crippen LogP contribution in [0.2, 0.25) is 0 Å². The summed E-state index contributed by atoms with van der Waals surface area (Å²) in [5, 5.41) is 11.8. The first kappa shape index (κ1) is 13.4. The fraction of sp³-hybridized carbons (Fsp3) is 0.429. The molecule has 102 valence electrons. The maximum Gasteiger partial charge on any atom is 0.335 e. The van der Waals surface area contributed by atoms with Gasteiger partial charge < -0.3 is 10.4 Å². The molecule has 0 saturated carbocycles. The summed E-state index contributed by atoms with van der Waals surface area (Å²) in [6, 6.07) is 6.41. The zero-order chi connectivity index (χ0) is 14.0. The number of hydrogen-bond donors (Lipinski definition) is 2. The Morgan fingerprint density at radius 3 is 2.58 bits per heavy atom. The van der Waals surface area contributed by atoms with E-state index < -0.39 is 5.97 Å². The van der Waals surface area contributed by atoms with Gasteiger partial charge >= 0.3 is 12.0 Å². The maximum atomic E-state index is 11.9. The van der Waals surface area contributed by atoms with Crippen molar-refractivity contribution in [1.82, 2.24) is 5.32 Å². The number of carbonyl (C=O) groups is 2. The Morgan fingerprint density at radius 1 is 1.42 bits per heavy atom. The molecule has 1 aromatic carbocycles. The van der Waals surface area contributed by atoms with E-state index in [0.717, 1.165) is 12.1 Å². The van der Waals surface area contributed by atoms with Crippen molar-refractivity contribution in [2.75, 3.05) is 11.4 Å². The highest BCUT2D eigenvalue weighted by Crippen LogP contribution is 2.21. The predicted octanol–water partition coefficient (Wildman–Crippen LogP) is 2.33. The summed E-state index contributed by atoms with van der Waals surface area (Å²) in [5.41, 5.74) is 0.954. The lowest BCUT2D eigenvalue weighted by molar-refractivity contribution is 0.0697. The van der Waals surface area contributed by atoms with Crippen molar-refractivity contribution in [3.63, 3.8) is 0 Å². The van der Waals surface area contributed by atoms with E-state index in [9.17, 15) is 9.59 Å². The average Bonchev–Trinajstić information content (AvgIpc) is 2.69. The molecular weight excluding hydrogens is 244 g/mol. The van der Waals surface area contributed by atoms with Gasteiger partial charge in [-0.1, -0.05) is 13.8 Å². The summed E-state index contributed by atoms with van der Waals surface area (Å²) < 4.78 is 0. The average molecular weight is 262 g/mol. The van der Waals surface area contributed by atoms with E-state index in [1.807, 2.05) is 0 Å². The van der Waals surface area contributed by atoms with Crippen molar-refractivity contribution in [2.24, 2.45) is 5.92 Å². The Balaban J connectivity index is 2.09. The summed E-state index contributed by atoms with van der Waals surface area (Å²) >= 11 is 0. The number of rotatable bonds is 4. The van der Waals surface area contributed by atoms with Gasteiger partial charge in [0.05, 0.1) is 5.56 Å². The van der Waals surface area contributed by atoms with Crippen LogP contribution in [-0.4, -0.2) is 29.7 Å². The fourth-order valence-electron chi connectivity index (χ4n) is 2.31. The summed E-state index contributed by atoms with van der Waals surface area (Å²) in [6.45, 7) is 4.87. The Bertz CT molecular complexity index is 482. The van der Waals surface area contributed by atoms with Gasteiger partial charge in [-0.25, -0.2) is 9.59 Å². The second-order valence-electron chi connectivity index (χ2n) is 5.24. The Labute approximate surface area is 112 Å². The van der Waals surface area contributed by atoms with E-state index in [2.05, 4.69) is 19.2 Å². The van der Waals surface area contributed by atoms with E-state index in [0.29, 0.717) is 12.5 Å². The maximum absolute atomic E-state index is 11.9. The topological polar surface area (TPSA) is 69.6 Å². The molecule has 1 aliphatic rings. The fourth-order valence-corrected chi connectivity index (χ4v) is 2.31. The number of carbonyl (C=O) groups excluding carboxylic acids is 1. The molecule has 1 heterocycles. The first-order chi connectivity index (χ1) is 8.97. The van der Waals surface area contributed by atoms with E-state index in [1.165, 1.54) is 12.1 Å². The molecule has 1 fully saturated rings. The van der Waals surface area contributed by atoms with Crippen LogP contribution >= 0.6 is 0 Å². The molecule has 5 heteroatoms. The number of carboxylic acid groups (broad SMARTS) is 1. The van der Waals surface area contributed by atoms with Crippen LogP contribution in [0.25, 0.3) is 0 Å². The van der Waals surface area contributed by atoms with Gasteiger partial charge in [0.25, 0.3) is 0 Å². The number of hydrogen-bond acceptors (Lipinski definition) is 2. The summed E-state index contributed by atoms with van der Waals surface area (Å²) in [5.74, 6) is -0.435. The van der Waals surface area contributed by atoms with Crippen LogP contribution < -0.4 is 10.2 Å². The van der Waals surface area contributed by atoms with Crippen molar-refractivity contribution in [1.29, 1.82) is 0 Å². The quantitative estimate of drug-likeness (QED) is 0.875. The Hall–Kier alpha value is -2.04. The lowest BCUT2D eigenvalue weighted by Crippen LogP contribution is -2.29. The molecule has 1 unspecified atom stereocenters. The molecule has 1 aliphatic heterocycles. The molecular formula is C14H18N2O3. The van der Waals surface area contributed by atoms with Crippen molar-refractivity contribution >= 4 is 17.7 Å². The van der Waals surface area contributed by atoms with Crippen molar-refractivity contribution in [3.8, 4) is 0 Å². The van der Waals surface area contributed by atoms with Gasteiger partial charge in [-0.05, 0) is 36.6 Å². The Kier molecular flexibility index (Phi) is 3.74. The minimum Gasteiger partial charge on any atom is -0.478 e. The zero-order valence-electron chi connectivity index (χ0n) is 11.1. The molecule has 1 atom stereocenters. The number of nitrogens with zero attached hydrogens (tertiary/aromatic N) is 1. The smallest absolute Gasteiger partial charge is 0.335 e. The summed E-state index contributed by atoms with van der Waals surface area (Å²) in [4.78, 5) is 24.3. The highest BCUT2D eigenvalue weighted by Gasteiger charge is 2.29. The van der Waals surface area contributed by atoms with Crippen LogP contribution in [0, 0.1) is 5.92 Å². The molecule has 0 bridgehead atoms. The third-order valence-electron chi connectivity index (χ3n) is 3.16. The standard InChI is InChI=1S/C14H18N2O3/c1-9(2)7-11-8-16(14(19)15-11)12-5-3-10(4-6-12)13(17)18/h3-6,9,11H,7-8H2,1-2H3,(H,15,19)(H,17,18). The molecule has 1 aromatic rings. The highest BCUT2D eigenvalue weighted by molar-refractivity contribution is 5.95. The molecule has 0 radical (unpaired) electrons. The SMILES string of the molecule is CC(C)CC1CN(c2ccc(C(=O)O)cc2)C(=O)N1. The van der Waals surface area contributed by atoms with E-state index >= 15 is 0 Å². The Morgan fingerprint density at radius 2 is 2.05 bits per heavy atom. The molecule has 5 nitrogen and oxygen atoms in total. The van der Waals surface area contributed by atoms with Crippen LogP contribution in [0.15, 0.2) is 24.3 Å². The zero-order valence-corrected chi connectivity index (χ0v) is 11.1. The predicted molar refractivity (Wildman–Crippen MR) is 72.5 cm³/mol. The van der Waals surface area contributed by atoms with Gasteiger partial charge in [-0.15, -0.1) is 0 Å². The first-order valence-corrected chi connectivity index (χ1v) is 6.38. The van der Waals surface area contributed by atoms with Crippen LogP contribution in [0.5, 0.6) is 0 Å². The van der Waals surface area contributed by atoms with Gasteiger partial charge in [0, 0.05) is 18.3 Å². The van der Waals surface area contributed by atoms with E-state index in [4.69, 9.17) is 5.11 Å². The van der Waals surface area contributed by atoms with Crippen LogP contribution in [0.3, 0.4) is 0 Å². The second kappa shape index (κ2) is 5.30. The monoisotopic (exact) mass is 262 g/mol. The van der Waals surface area contributed by atoms with Gasteiger partial charge in [-0.2, -0.15) is 0 Å². The number of amides is 2. The normalized spacial score (nSPS) is 18.8. The highest BCUT2D eigenvalue weighted by atomic mass is 16.4. The molecule has 2 amide bonds. The van der Waals surface area contributed by atoms with Gasteiger partial charge in [-0.3, -0.25) is 4.90 Å². The van der Waals surface area contributed by atoms with Crippen LogP contribution in [0.1, 0.15) is 30.6 Å². The molecule has 19 heavy (non-hydrogen) atoms. The second-order valence-corrected chi connectivity index (χ2v) is 5.24. The molecule has 2 N–H and O–H groups in total. The van der Waals surface area contributed by atoms with Crippen molar-refractivity contribution in [3.05, 3.63) is 29.8 Å². The number of carboxylic acids is 1. The van der Waals surface area contributed by atoms with Gasteiger partial charge in [0.2, 0.25) is 0 Å². The van der Waals surface area contributed by atoms with Crippen molar-refractivity contribution < 1.29 is 14.7 Å². The summed E-state index contributed by atoms with van der Waals surface area (Å²) in [7, 11) is 0. The van der Waals surface area contributed by atoms with E-state index in [1.54, 1.807) is 17.0 Å². The number of aromatic carboxylic acids is 1. The van der Waals surface area contributed by atoms with Crippen LogP contribution in [-0.2, 0) is 0 Å². The molecule has 0 aromatic heterocycles. The van der Waals surface area contributed by atoms with Gasteiger partial charge in [0.1, 0.15) is 0 Å². The minimum atomic E-state index is -0.963. The number of anilines is 1. The molecule has 2 rings (SSSR count). The minimum absolute atomic E-state index is 0.117. The first-order valence-electron chi connectivity index (χ1n) is 6.38. The number of benzene rings is 1. The van der Waals surface area contributed by atoms with Crippen molar-refractivity contribution in [2.45, 2.75) is 26.3 Å². The summed E-state index contributed by atoms with van der Waals surface area (Å²) in [6.07, 6.45) is 0.940.